The minimum atomic E-state index is 0.559. The van der Waals surface area contributed by atoms with E-state index in [2.05, 4.69) is 43.4 Å². The van der Waals surface area contributed by atoms with Crippen LogP contribution >= 0.6 is 0 Å². The van der Waals surface area contributed by atoms with Crippen molar-refractivity contribution in [3.63, 3.8) is 0 Å². The first-order chi connectivity index (χ1) is 10.3. The van der Waals surface area contributed by atoms with E-state index < -0.39 is 0 Å². The summed E-state index contributed by atoms with van der Waals surface area (Å²) in [6.07, 6.45) is 8.95. The molecule has 0 fully saturated rings. The summed E-state index contributed by atoms with van der Waals surface area (Å²) >= 11 is 0. The lowest BCUT2D eigenvalue weighted by molar-refractivity contribution is 0.268. The van der Waals surface area contributed by atoms with Crippen molar-refractivity contribution >= 4 is 0 Å². The second kappa shape index (κ2) is 8.89. The van der Waals surface area contributed by atoms with Crippen LogP contribution in [-0.2, 0) is 6.54 Å². The second-order valence-electron chi connectivity index (χ2n) is 6.35. The Morgan fingerprint density at radius 3 is 2.81 bits per heavy atom. The molecule has 0 atom stereocenters. The topological polar surface area (TPSA) is 21.3 Å². The summed E-state index contributed by atoms with van der Waals surface area (Å²) in [6.45, 7) is 7.09. The summed E-state index contributed by atoms with van der Waals surface area (Å²) in [5.41, 5.74) is 2.90. The summed E-state index contributed by atoms with van der Waals surface area (Å²) in [4.78, 5) is 0. The highest BCUT2D eigenvalue weighted by molar-refractivity contribution is 5.33. The van der Waals surface area contributed by atoms with Crippen LogP contribution in [0.5, 0.6) is 5.75 Å². The molecule has 0 spiro atoms. The molecule has 1 aromatic carbocycles. The zero-order valence-electron chi connectivity index (χ0n) is 13.5. The lowest BCUT2D eigenvalue weighted by Gasteiger charge is -2.15. The van der Waals surface area contributed by atoms with E-state index in [1.165, 1.54) is 37.7 Å². The molecule has 0 aromatic heterocycles. The zero-order chi connectivity index (χ0) is 14.9. The molecule has 1 aliphatic carbocycles. The molecule has 1 N–H and O–H groups in total. The van der Waals surface area contributed by atoms with Crippen LogP contribution in [0.4, 0.5) is 0 Å². The Bertz CT molecular complexity index is 451. The third kappa shape index (κ3) is 5.92. The van der Waals surface area contributed by atoms with Gasteiger partial charge in [0.1, 0.15) is 5.75 Å². The summed E-state index contributed by atoms with van der Waals surface area (Å²) in [5, 5.41) is 3.56. The van der Waals surface area contributed by atoms with Crippen LogP contribution in [0, 0.1) is 5.92 Å². The lowest BCUT2D eigenvalue weighted by Crippen LogP contribution is -2.17. The number of nitrogens with one attached hydrogen (secondary N) is 1. The number of benzene rings is 1. The van der Waals surface area contributed by atoms with Gasteiger partial charge in [-0.3, -0.25) is 0 Å². The number of allylic oxidation sites excluding steroid dienone is 1. The van der Waals surface area contributed by atoms with Crippen molar-refractivity contribution in [2.75, 3.05) is 13.2 Å². The van der Waals surface area contributed by atoms with Crippen LogP contribution in [0.3, 0.4) is 0 Å². The van der Waals surface area contributed by atoms with Gasteiger partial charge in [-0.1, -0.05) is 43.7 Å². The van der Waals surface area contributed by atoms with Gasteiger partial charge in [-0.2, -0.15) is 0 Å². The Labute approximate surface area is 129 Å². The molecule has 0 aliphatic heterocycles. The van der Waals surface area contributed by atoms with Gasteiger partial charge in [0, 0.05) is 12.1 Å². The molecule has 2 rings (SSSR count). The Morgan fingerprint density at radius 1 is 1.19 bits per heavy atom. The quantitative estimate of drug-likeness (QED) is 0.552. The number of rotatable bonds is 8. The highest BCUT2D eigenvalue weighted by atomic mass is 16.5. The van der Waals surface area contributed by atoms with Gasteiger partial charge in [-0.05, 0) is 50.6 Å². The Hall–Kier alpha value is -1.28. The van der Waals surface area contributed by atoms with Crippen LogP contribution in [0.1, 0.15) is 51.5 Å². The van der Waals surface area contributed by atoms with Crippen molar-refractivity contribution in [1.29, 1.82) is 0 Å². The van der Waals surface area contributed by atoms with Crippen LogP contribution < -0.4 is 10.1 Å². The van der Waals surface area contributed by atoms with Gasteiger partial charge in [0.2, 0.25) is 0 Å². The first-order valence-corrected chi connectivity index (χ1v) is 8.35. The van der Waals surface area contributed by atoms with Gasteiger partial charge in [0.15, 0.2) is 0 Å². The van der Waals surface area contributed by atoms with Gasteiger partial charge in [0.25, 0.3) is 0 Å². The minimum Gasteiger partial charge on any atom is -0.493 e. The standard InChI is InChI=1S/C19H29NO/c1-16(2)15-21-19-11-7-6-10-18(19)14-20-13-12-17-8-4-3-5-9-17/h6-8,10-11,16,20H,3-5,9,12-15H2,1-2H3. The molecule has 116 valence electrons. The van der Waals surface area contributed by atoms with Gasteiger partial charge in [0.05, 0.1) is 6.61 Å². The molecule has 0 saturated heterocycles. The average molecular weight is 287 g/mol. The molecule has 2 nitrogen and oxygen atoms in total. The molecule has 0 unspecified atom stereocenters. The van der Waals surface area contributed by atoms with Crippen molar-refractivity contribution in [3.8, 4) is 5.75 Å². The van der Waals surface area contributed by atoms with Crippen LogP contribution in [-0.4, -0.2) is 13.2 Å². The van der Waals surface area contributed by atoms with Gasteiger partial charge in [-0.25, -0.2) is 0 Å². The molecule has 1 aromatic rings. The lowest BCUT2D eigenvalue weighted by atomic mass is 9.97. The molecular formula is C19H29NO. The van der Waals surface area contributed by atoms with Gasteiger partial charge < -0.3 is 10.1 Å². The number of para-hydroxylation sites is 1. The van der Waals surface area contributed by atoms with Crippen LogP contribution in [0.15, 0.2) is 35.9 Å². The largest absolute Gasteiger partial charge is 0.493 e. The summed E-state index contributed by atoms with van der Waals surface area (Å²) in [6, 6.07) is 8.36. The maximum Gasteiger partial charge on any atom is 0.123 e. The highest BCUT2D eigenvalue weighted by Gasteiger charge is 2.05. The van der Waals surface area contributed by atoms with E-state index in [4.69, 9.17) is 4.74 Å². The SMILES string of the molecule is CC(C)COc1ccccc1CNCCC1=CCCCC1. The molecule has 0 radical (unpaired) electrons. The fraction of sp³-hybridized carbons (Fsp3) is 0.579. The molecule has 0 heterocycles. The fourth-order valence-electron chi connectivity index (χ4n) is 2.65. The Morgan fingerprint density at radius 2 is 2.05 bits per heavy atom. The smallest absolute Gasteiger partial charge is 0.123 e. The molecule has 0 bridgehead atoms. The Balaban J connectivity index is 1.75. The zero-order valence-corrected chi connectivity index (χ0v) is 13.5. The van der Waals surface area contributed by atoms with Crippen molar-refractivity contribution in [2.45, 2.75) is 52.5 Å². The third-order valence-corrected chi connectivity index (χ3v) is 3.87. The number of ether oxygens (including phenoxy) is 1. The monoisotopic (exact) mass is 287 g/mol. The van der Waals surface area contributed by atoms with Crippen molar-refractivity contribution in [1.82, 2.24) is 5.32 Å². The van der Waals surface area contributed by atoms with E-state index in [9.17, 15) is 0 Å². The molecule has 21 heavy (non-hydrogen) atoms. The predicted molar refractivity (Wildman–Crippen MR) is 89.6 cm³/mol. The number of hydrogen-bond acceptors (Lipinski definition) is 2. The molecular weight excluding hydrogens is 258 g/mol. The average Bonchev–Trinajstić information content (AvgIpc) is 2.51. The summed E-state index contributed by atoms with van der Waals surface area (Å²) in [7, 11) is 0. The maximum absolute atomic E-state index is 5.89. The highest BCUT2D eigenvalue weighted by Crippen LogP contribution is 2.20. The molecule has 0 saturated carbocycles. The Kier molecular flexibility index (Phi) is 6.81. The fourth-order valence-corrected chi connectivity index (χ4v) is 2.65. The van der Waals surface area contributed by atoms with Crippen molar-refractivity contribution in [3.05, 3.63) is 41.5 Å². The van der Waals surface area contributed by atoms with Crippen LogP contribution in [0.25, 0.3) is 0 Å². The molecule has 0 amide bonds. The minimum absolute atomic E-state index is 0.559. The van der Waals surface area contributed by atoms with Crippen LogP contribution in [0.2, 0.25) is 0 Å². The third-order valence-electron chi connectivity index (χ3n) is 3.87. The van der Waals surface area contributed by atoms with Crippen molar-refractivity contribution < 1.29 is 4.74 Å². The first-order valence-electron chi connectivity index (χ1n) is 8.35. The summed E-state index contributed by atoms with van der Waals surface area (Å²) < 4.78 is 5.89. The number of hydrogen-bond donors (Lipinski definition) is 1. The predicted octanol–water partition coefficient (Wildman–Crippen LogP) is 4.70. The van der Waals surface area contributed by atoms with E-state index >= 15 is 0 Å². The van der Waals surface area contributed by atoms with Gasteiger partial charge in [-0.15, -0.1) is 0 Å². The maximum atomic E-state index is 5.89. The molecule has 1 aliphatic rings. The van der Waals surface area contributed by atoms with E-state index in [1.54, 1.807) is 5.57 Å². The van der Waals surface area contributed by atoms with E-state index in [0.717, 1.165) is 25.4 Å². The van der Waals surface area contributed by atoms with Gasteiger partial charge >= 0.3 is 0 Å². The normalized spacial score (nSPS) is 15.1. The second-order valence-corrected chi connectivity index (χ2v) is 6.35. The molecule has 2 heteroatoms. The summed E-state index contributed by atoms with van der Waals surface area (Å²) in [5.74, 6) is 1.58. The van der Waals surface area contributed by atoms with E-state index in [0.29, 0.717) is 5.92 Å². The van der Waals surface area contributed by atoms with E-state index in [-0.39, 0.29) is 0 Å². The first kappa shape index (κ1) is 16.1. The van der Waals surface area contributed by atoms with E-state index in [1.807, 2.05) is 6.07 Å². The van der Waals surface area contributed by atoms with Crippen molar-refractivity contribution in [2.24, 2.45) is 5.92 Å².